The van der Waals surface area contributed by atoms with Crippen LogP contribution in [0.15, 0.2) is 78.0 Å². The third kappa shape index (κ3) is 4.35. The van der Waals surface area contributed by atoms with Crippen LogP contribution in [0.4, 0.5) is 0 Å². The lowest BCUT2D eigenvalue weighted by molar-refractivity contribution is 0.0831. The van der Waals surface area contributed by atoms with Crippen molar-refractivity contribution in [3.63, 3.8) is 0 Å². The highest BCUT2D eigenvalue weighted by Gasteiger charge is 2.18. The minimum absolute atomic E-state index is 0.0384. The summed E-state index contributed by atoms with van der Waals surface area (Å²) in [5, 5.41) is 0.685. The second-order valence-corrected chi connectivity index (χ2v) is 7.88. The summed E-state index contributed by atoms with van der Waals surface area (Å²) < 4.78 is 7.47. The summed E-state index contributed by atoms with van der Waals surface area (Å²) in [6, 6.07) is 23.8. The minimum Gasteiger partial charge on any atom is -0.483 e. The Bertz CT molecular complexity index is 1150. The lowest BCUT2D eigenvalue weighted by atomic mass is 10.2. The first-order valence-corrected chi connectivity index (χ1v) is 10.5. The molecule has 1 heterocycles. The van der Waals surface area contributed by atoms with Crippen LogP contribution in [-0.4, -0.2) is 22.1 Å². The van der Waals surface area contributed by atoms with E-state index in [1.54, 1.807) is 16.3 Å². The maximum absolute atomic E-state index is 13.1. The number of hydrogen-bond acceptors (Lipinski definition) is 4. The van der Waals surface area contributed by atoms with Gasteiger partial charge in [-0.15, -0.1) is 0 Å². The molecular weight excluding hydrogens is 380 g/mol. The molecule has 4 rings (SSSR count). The van der Waals surface area contributed by atoms with E-state index < -0.39 is 0 Å². The normalized spacial score (nSPS) is 11.0. The van der Waals surface area contributed by atoms with Crippen LogP contribution in [0, 0.1) is 13.8 Å². The topological polar surface area (TPSA) is 44.1 Å². The number of thioether (sulfide) groups is 1. The molecule has 4 aromatic rings. The lowest BCUT2D eigenvalue weighted by Crippen LogP contribution is -2.20. The number of hydrogen-bond donors (Lipinski definition) is 0. The Balaban J connectivity index is 1.58. The second-order valence-electron chi connectivity index (χ2n) is 6.94. The molecule has 0 aliphatic rings. The summed E-state index contributed by atoms with van der Waals surface area (Å²) in [5.41, 5.74) is 5.04. The SMILES string of the molecule is Cc1ccc(CSc2nc3ccccc3n2C(=O)COc2ccccc2C)cc1. The molecule has 0 fully saturated rings. The van der Waals surface area contributed by atoms with Gasteiger partial charge >= 0.3 is 0 Å². The van der Waals surface area contributed by atoms with E-state index >= 15 is 0 Å². The molecule has 3 aromatic carbocycles. The quantitative estimate of drug-likeness (QED) is 0.390. The van der Waals surface area contributed by atoms with Crippen LogP contribution in [0.5, 0.6) is 5.75 Å². The van der Waals surface area contributed by atoms with Crippen molar-refractivity contribution in [2.45, 2.75) is 24.8 Å². The second kappa shape index (κ2) is 8.53. The van der Waals surface area contributed by atoms with Crippen molar-refractivity contribution in [1.82, 2.24) is 9.55 Å². The van der Waals surface area contributed by atoms with Crippen molar-refractivity contribution < 1.29 is 9.53 Å². The van der Waals surface area contributed by atoms with Gasteiger partial charge in [-0.3, -0.25) is 9.36 Å². The monoisotopic (exact) mass is 402 g/mol. The van der Waals surface area contributed by atoms with Crippen LogP contribution in [0.2, 0.25) is 0 Å². The van der Waals surface area contributed by atoms with E-state index in [0.29, 0.717) is 5.16 Å². The van der Waals surface area contributed by atoms with Gasteiger partial charge in [0.25, 0.3) is 5.91 Å². The number of ether oxygens (including phenoxy) is 1. The highest BCUT2D eigenvalue weighted by atomic mass is 32.2. The van der Waals surface area contributed by atoms with E-state index in [4.69, 9.17) is 4.74 Å². The number of carbonyl (C=O) groups is 1. The van der Waals surface area contributed by atoms with Crippen LogP contribution in [0.25, 0.3) is 11.0 Å². The Labute approximate surface area is 174 Å². The minimum atomic E-state index is -0.131. The molecule has 0 spiro atoms. The Morgan fingerprint density at radius 2 is 1.69 bits per heavy atom. The van der Waals surface area contributed by atoms with Crippen LogP contribution in [-0.2, 0) is 5.75 Å². The van der Waals surface area contributed by atoms with E-state index in [1.807, 2.05) is 55.5 Å². The van der Waals surface area contributed by atoms with E-state index in [0.717, 1.165) is 28.1 Å². The zero-order valence-corrected chi connectivity index (χ0v) is 17.3. The van der Waals surface area contributed by atoms with Crippen molar-refractivity contribution in [2.24, 2.45) is 0 Å². The van der Waals surface area contributed by atoms with Gasteiger partial charge in [-0.05, 0) is 43.2 Å². The van der Waals surface area contributed by atoms with Crippen molar-refractivity contribution >= 4 is 28.7 Å². The zero-order chi connectivity index (χ0) is 20.2. The van der Waals surface area contributed by atoms with Gasteiger partial charge in [0.05, 0.1) is 11.0 Å². The van der Waals surface area contributed by atoms with Gasteiger partial charge in [0.2, 0.25) is 0 Å². The van der Waals surface area contributed by atoms with Gasteiger partial charge in [0.1, 0.15) is 5.75 Å². The Morgan fingerprint density at radius 1 is 0.966 bits per heavy atom. The van der Waals surface area contributed by atoms with Crippen molar-refractivity contribution in [1.29, 1.82) is 0 Å². The number of imidazole rings is 1. The van der Waals surface area contributed by atoms with Gasteiger partial charge in [-0.1, -0.05) is 71.9 Å². The molecule has 0 saturated carbocycles. The fourth-order valence-electron chi connectivity index (χ4n) is 3.10. The average Bonchev–Trinajstić information content (AvgIpc) is 3.11. The van der Waals surface area contributed by atoms with Crippen molar-refractivity contribution in [3.05, 3.63) is 89.5 Å². The standard InChI is InChI=1S/C24H22N2O2S/c1-17-11-13-19(14-12-17)16-29-24-25-20-8-4-5-9-21(20)26(24)23(27)15-28-22-10-6-3-7-18(22)2/h3-14H,15-16H2,1-2H3. The molecule has 5 heteroatoms. The first-order chi connectivity index (χ1) is 14.1. The summed E-state index contributed by atoms with van der Waals surface area (Å²) in [7, 11) is 0. The summed E-state index contributed by atoms with van der Waals surface area (Å²) >= 11 is 1.56. The van der Waals surface area contributed by atoms with Gasteiger partial charge in [0, 0.05) is 5.75 Å². The number of fused-ring (bicyclic) bond motifs is 1. The summed E-state index contributed by atoms with van der Waals surface area (Å²) in [5.74, 6) is 1.34. The maximum atomic E-state index is 13.1. The molecule has 4 nitrogen and oxygen atoms in total. The molecule has 0 aliphatic carbocycles. The lowest BCUT2D eigenvalue weighted by Gasteiger charge is -2.11. The number of para-hydroxylation sites is 3. The molecule has 146 valence electrons. The largest absolute Gasteiger partial charge is 0.483 e. The molecule has 0 unspecified atom stereocenters. The molecule has 0 radical (unpaired) electrons. The van der Waals surface area contributed by atoms with Crippen molar-refractivity contribution in [2.75, 3.05) is 6.61 Å². The molecule has 0 saturated heterocycles. The molecule has 0 atom stereocenters. The average molecular weight is 403 g/mol. The summed E-state index contributed by atoms with van der Waals surface area (Å²) in [6.45, 7) is 4.00. The fraction of sp³-hybridized carbons (Fsp3) is 0.167. The third-order valence-electron chi connectivity index (χ3n) is 4.71. The number of nitrogens with zero attached hydrogens (tertiary/aromatic N) is 2. The van der Waals surface area contributed by atoms with Gasteiger partial charge in [-0.2, -0.15) is 0 Å². The highest BCUT2D eigenvalue weighted by Crippen LogP contribution is 2.27. The third-order valence-corrected chi connectivity index (χ3v) is 5.72. The number of rotatable bonds is 6. The van der Waals surface area contributed by atoms with Crippen molar-refractivity contribution in [3.8, 4) is 5.75 Å². The summed E-state index contributed by atoms with van der Waals surface area (Å²) in [4.78, 5) is 17.8. The molecule has 0 N–H and O–H groups in total. The van der Waals surface area contributed by atoms with Gasteiger partial charge in [-0.25, -0.2) is 4.98 Å². The molecule has 0 aliphatic heterocycles. The van der Waals surface area contributed by atoms with Crippen LogP contribution >= 0.6 is 11.8 Å². The highest BCUT2D eigenvalue weighted by molar-refractivity contribution is 7.98. The van der Waals surface area contributed by atoms with E-state index in [2.05, 4.69) is 36.2 Å². The van der Waals surface area contributed by atoms with E-state index in [1.165, 1.54) is 11.1 Å². The van der Waals surface area contributed by atoms with E-state index in [-0.39, 0.29) is 12.5 Å². The first kappa shape index (κ1) is 19.3. The number of benzene rings is 3. The Hall–Kier alpha value is -3.05. The smallest absolute Gasteiger partial charge is 0.271 e. The molecular formula is C24H22N2O2S. The Kier molecular flexibility index (Phi) is 5.67. The molecule has 0 bridgehead atoms. The van der Waals surface area contributed by atoms with Gasteiger partial charge < -0.3 is 4.74 Å². The number of aromatic nitrogens is 2. The maximum Gasteiger partial charge on any atom is 0.271 e. The Morgan fingerprint density at radius 3 is 2.48 bits per heavy atom. The molecule has 1 aromatic heterocycles. The zero-order valence-electron chi connectivity index (χ0n) is 16.5. The van der Waals surface area contributed by atoms with Crippen LogP contribution in [0.3, 0.4) is 0 Å². The van der Waals surface area contributed by atoms with E-state index in [9.17, 15) is 4.79 Å². The number of aryl methyl sites for hydroxylation is 2. The predicted octanol–water partition coefficient (Wildman–Crippen LogP) is 5.66. The summed E-state index contributed by atoms with van der Waals surface area (Å²) in [6.07, 6.45) is 0. The molecule has 0 amide bonds. The fourth-order valence-corrected chi connectivity index (χ4v) is 4.08. The van der Waals surface area contributed by atoms with Gasteiger partial charge in [0.15, 0.2) is 11.8 Å². The van der Waals surface area contributed by atoms with Crippen LogP contribution < -0.4 is 4.74 Å². The first-order valence-electron chi connectivity index (χ1n) is 9.49. The number of carbonyl (C=O) groups excluding carboxylic acids is 1. The van der Waals surface area contributed by atoms with Crippen LogP contribution in [0.1, 0.15) is 21.5 Å². The predicted molar refractivity (Wildman–Crippen MR) is 118 cm³/mol. The molecule has 29 heavy (non-hydrogen) atoms.